The molecular weight excluding hydrogens is 146 g/mol. The Kier molecular flexibility index (Phi) is 2.35. The molecule has 0 bridgehead atoms. The molecule has 0 spiro atoms. The fourth-order valence-corrected chi connectivity index (χ4v) is 0.459. The summed E-state index contributed by atoms with van der Waals surface area (Å²) in [5, 5.41) is 0.315. The van der Waals surface area contributed by atoms with E-state index >= 15 is 0 Å². The molecule has 6 heteroatoms. The smallest absolute Gasteiger partial charge is 0.287 e. The van der Waals surface area contributed by atoms with Gasteiger partial charge in [-0.3, -0.25) is 9.35 Å². The molecule has 0 heterocycles. The van der Waals surface area contributed by atoms with Crippen LogP contribution in [-0.2, 0) is 14.9 Å². The quantitative estimate of drug-likeness (QED) is 0.385. The largest absolute Gasteiger partial charge is 0.366 e. The fraction of sp³-hybridized carbons (Fsp3) is 0. The first-order valence-electron chi connectivity index (χ1n) is 1.87. The molecule has 1 amide bonds. The van der Waals surface area contributed by atoms with Gasteiger partial charge in [0.2, 0.25) is 5.91 Å². The van der Waals surface area contributed by atoms with Gasteiger partial charge < -0.3 is 5.73 Å². The van der Waals surface area contributed by atoms with Crippen LogP contribution in [0.5, 0.6) is 0 Å². The molecule has 0 atom stereocenters. The van der Waals surface area contributed by atoms with Crippen molar-refractivity contribution in [2.24, 2.45) is 5.73 Å². The van der Waals surface area contributed by atoms with Crippen LogP contribution in [0.1, 0.15) is 0 Å². The second kappa shape index (κ2) is 2.60. The lowest BCUT2D eigenvalue weighted by Crippen LogP contribution is -2.06. The molecular formula is C3H5NO4S. The van der Waals surface area contributed by atoms with Gasteiger partial charge >= 0.3 is 0 Å². The van der Waals surface area contributed by atoms with Gasteiger partial charge in [0, 0.05) is 6.08 Å². The van der Waals surface area contributed by atoms with E-state index in [1.165, 1.54) is 0 Å². The zero-order chi connectivity index (χ0) is 7.49. The van der Waals surface area contributed by atoms with Gasteiger partial charge in [0.05, 0.1) is 5.41 Å². The Labute approximate surface area is 51.9 Å². The van der Waals surface area contributed by atoms with E-state index in [9.17, 15) is 13.2 Å². The third kappa shape index (κ3) is 7.12. The van der Waals surface area contributed by atoms with Crippen molar-refractivity contribution in [1.29, 1.82) is 0 Å². The Morgan fingerprint density at radius 3 is 2.11 bits per heavy atom. The van der Waals surface area contributed by atoms with Gasteiger partial charge in [0.15, 0.2) is 0 Å². The third-order valence-electron chi connectivity index (χ3n) is 0.404. The van der Waals surface area contributed by atoms with Crippen LogP contribution < -0.4 is 5.73 Å². The maximum Gasteiger partial charge on any atom is 0.287 e. The highest BCUT2D eigenvalue weighted by Gasteiger charge is 1.95. The minimum atomic E-state index is -4.20. The Bertz CT molecular complexity index is 226. The first kappa shape index (κ1) is 8.12. The minimum Gasteiger partial charge on any atom is -0.366 e. The molecule has 0 saturated carbocycles. The molecule has 0 radical (unpaired) electrons. The molecule has 0 saturated heterocycles. The average Bonchev–Trinajstić information content (AvgIpc) is 1.59. The van der Waals surface area contributed by atoms with Crippen molar-refractivity contribution < 1.29 is 17.8 Å². The molecule has 0 aliphatic rings. The van der Waals surface area contributed by atoms with Crippen LogP contribution in [0.4, 0.5) is 0 Å². The summed E-state index contributed by atoms with van der Waals surface area (Å²) in [6.45, 7) is 0. The van der Waals surface area contributed by atoms with Crippen molar-refractivity contribution in [2.75, 3.05) is 0 Å². The maximum absolute atomic E-state index is 9.81. The summed E-state index contributed by atoms with van der Waals surface area (Å²) >= 11 is 0. The number of primary amides is 1. The molecule has 5 nitrogen and oxygen atoms in total. The van der Waals surface area contributed by atoms with E-state index in [0.29, 0.717) is 11.5 Å². The zero-order valence-electron chi connectivity index (χ0n) is 4.31. The summed E-state index contributed by atoms with van der Waals surface area (Å²) < 4.78 is 27.5. The highest BCUT2D eigenvalue weighted by atomic mass is 32.2. The molecule has 52 valence electrons. The summed E-state index contributed by atoms with van der Waals surface area (Å²) in [6, 6.07) is 0. The third-order valence-corrected chi connectivity index (χ3v) is 0.884. The average molecular weight is 151 g/mol. The first-order valence-corrected chi connectivity index (χ1v) is 3.37. The predicted octanol–water partition coefficient (Wildman–Crippen LogP) is -1.13. The number of hydrogen-bond acceptors (Lipinski definition) is 3. The number of amides is 1. The van der Waals surface area contributed by atoms with Crippen LogP contribution in [0.2, 0.25) is 0 Å². The van der Waals surface area contributed by atoms with E-state index in [0.717, 1.165) is 0 Å². The summed E-state index contributed by atoms with van der Waals surface area (Å²) in [4.78, 5) is 9.81. The highest BCUT2D eigenvalue weighted by Crippen LogP contribution is 1.82. The monoisotopic (exact) mass is 151 g/mol. The van der Waals surface area contributed by atoms with Gasteiger partial charge in [-0.1, -0.05) is 0 Å². The number of carbonyl (C=O) groups excluding carboxylic acids is 1. The van der Waals surface area contributed by atoms with E-state index in [2.05, 4.69) is 5.73 Å². The number of nitrogens with two attached hydrogens (primary N) is 1. The predicted molar refractivity (Wildman–Crippen MR) is 29.9 cm³/mol. The van der Waals surface area contributed by atoms with Crippen molar-refractivity contribution in [3.8, 4) is 0 Å². The Balaban J connectivity index is 4.21. The fourth-order valence-electron chi connectivity index (χ4n) is 0.153. The van der Waals surface area contributed by atoms with Gasteiger partial charge in [-0.15, -0.1) is 0 Å². The van der Waals surface area contributed by atoms with Gasteiger partial charge in [0.1, 0.15) is 0 Å². The van der Waals surface area contributed by atoms with Crippen molar-refractivity contribution in [3.05, 3.63) is 11.5 Å². The molecule has 0 aliphatic heterocycles. The number of carbonyl (C=O) groups is 1. The number of hydrogen-bond donors (Lipinski definition) is 2. The van der Waals surface area contributed by atoms with Crippen molar-refractivity contribution in [2.45, 2.75) is 0 Å². The SMILES string of the molecule is NC(=O)C=CS(=O)(=O)O. The van der Waals surface area contributed by atoms with Crippen LogP contribution in [0, 0.1) is 0 Å². The molecule has 0 rings (SSSR count). The van der Waals surface area contributed by atoms with Gasteiger partial charge in [0.25, 0.3) is 10.1 Å². The maximum atomic E-state index is 9.81. The lowest BCUT2D eigenvalue weighted by molar-refractivity contribution is -0.113. The molecule has 0 unspecified atom stereocenters. The van der Waals surface area contributed by atoms with E-state index in [1.807, 2.05) is 0 Å². The Hall–Kier alpha value is -0.880. The Morgan fingerprint density at radius 2 is 2.00 bits per heavy atom. The Morgan fingerprint density at radius 1 is 1.56 bits per heavy atom. The summed E-state index contributed by atoms with van der Waals surface area (Å²) in [5.74, 6) is -0.923. The lowest BCUT2D eigenvalue weighted by atomic mass is 10.6. The molecule has 9 heavy (non-hydrogen) atoms. The molecule has 0 aromatic rings. The molecule has 0 aliphatic carbocycles. The van der Waals surface area contributed by atoms with Crippen molar-refractivity contribution in [3.63, 3.8) is 0 Å². The van der Waals surface area contributed by atoms with E-state index in [-0.39, 0.29) is 0 Å². The van der Waals surface area contributed by atoms with Crippen molar-refractivity contribution in [1.82, 2.24) is 0 Å². The molecule has 3 N–H and O–H groups in total. The van der Waals surface area contributed by atoms with E-state index in [4.69, 9.17) is 4.55 Å². The van der Waals surface area contributed by atoms with Gasteiger partial charge in [-0.25, -0.2) is 0 Å². The lowest BCUT2D eigenvalue weighted by Gasteiger charge is -1.80. The second-order valence-electron chi connectivity index (χ2n) is 1.22. The van der Waals surface area contributed by atoms with Crippen LogP contribution in [0.25, 0.3) is 0 Å². The van der Waals surface area contributed by atoms with Crippen LogP contribution in [-0.4, -0.2) is 18.9 Å². The summed E-state index contributed by atoms with van der Waals surface area (Å²) in [6.07, 6.45) is 0.551. The molecule has 0 aromatic heterocycles. The van der Waals surface area contributed by atoms with Crippen LogP contribution in [0.3, 0.4) is 0 Å². The van der Waals surface area contributed by atoms with Gasteiger partial charge in [-0.2, -0.15) is 8.42 Å². The topological polar surface area (TPSA) is 97.5 Å². The van der Waals surface area contributed by atoms with Gasteiger partial charge in [-0.05, 0) is 0 Å². The molecule has 0 aromatic carbocycles. The van der Waals surface area contributed by atoms with Crippen molar-refractivity contribution >= 4 is 16.0 Å². The summed E-state index contributed by atoms with van der Waals surface area (Å²) in [5.41, 5.74) is 4.50. The normalized spacial score (nSPS) is 12.1. The first-order chi connectivity index (χ1) is 3.92. The van der Waals surface area contributed by atoms with E-state index in [1.54, 1.807) is 0 Å². The second-order valence-corrected chi connectivity index (χ2v) is 2.52. The highest BCUT2D eigenvalue weighted by molar-refractivity contribution is 7.88. The van der Waals surface area contributed by atoms with E-state index < -0.39 is 16.0 Å². The standard InChI is InChI=1S/C3H5NO4S/c4-3(5)1-2-9(6,7)8/h1-2H,(H2,4,5)(H,6,7,8). The number of rotatable bonds is 2. The zero-order valence-corrected chi connectivity index (χ0v) is 5.13. The molecule has 0 fully saturated rings. The van der Waals surface area contributed by atoms with Crippen LogP contribution >= 0.6 is 0 Å². The summed E-state index contributed by atoms with van der Waals surface area (Å²) in [7, 11) is -4.20. The van der Waals surface area contributed by atoms with Crippen LogP contribution in [0.15, 0.2) is 11.5 Å². The minimum absolute atomic E-state index is 0.315.